The van der Waals surface area contributed by atoms with Crippen LogP contribution in [-0.2, 0) is 0 Å². The van der Waals surface area contributed by atoms with Gasteiger partial charge in [-0.05, 0) is 36.4 Å². The summed E-state index contributed by atoms with van der Waals surface area (Å²) in [5.74, 6) is -1.46. The van der Waals surface area contributed by atoms with Gasteiger partial charge in [0.1, 0.15) is 23.1 Å². The zero-order chi connectivity index (χ0) is 14.7. The van der Waals surface area contributed by atoms with E-state index in [1.807, 2.05) is 0 Å². The third-order valence-corrected chi connectivity index (χ3v) is 2.82. The van der Waals surface area contributed by atoms with Crippen LogP contribution in [0, 0.1) is 11.6 Å². The third-order valence-electron chi connectivity index (χ3n) is 2.82. The largest absolute Gasteiger partial charge is 0.497 e. The quantitative estimate of drug-likeness (QED) is 0.806. The van der Waals surface area contributed by atoms with Gasteiger partial charge in [0.05, 0.1) is 25.3 Å². The lowest BCUT2D eigenvalue weighted by atomic mass is 10.0. The summed E-state index contributed by atoms with van der Waals surface area (Å²) in [4.78, 5) is 12.3. The van der Waals surface area contributed by atoms with Crippen LogP contribution in [0.2, 0.25) is 0 Å². The van der Waals surface area contributed by atoms with Gasteiger partial charge in [-0.3, -0.25) is 4.79 Å². The first-order valence-electron chi connectivity index (χ1n) is 5.78. The number of carbonyl (C=O) groups excluding carboxylic acids is 1. The van der Waals surface area contributed by atoms with Crippen LogP contribution in [0.15, 0.2) is 36.4 Å². The number of hydrogen-bond donors (Lipinski definition) is 0. The first kappa shape index (κ1) is 14.0. The number of rotatable bonds is 4. The monoisotopic (exact) mass is 278 g/mol. The van der Waals surface area contributed by atoms with Gasteiger partial charge < -0.3 is 9.47 Å². The molecule has 0 radical (unpaired) electrons. The molecule has 3 nitrogen and oxygen atoms in total. The minimum absolute atomic E-state index is 0.108. The van der Waals surface area contributed by atoms with Crippen LogP contribution < -0.4 is 9.47 Å². The molecule has 0 unspecified atom stereocenters. The smallest absolute Gasteiger partial charge is 0.199 e. The molecule has 0 atom stereocenters. The molecule has 0 aliphatic carbocycles. The van der Waals surface area contributed by atoms with Crippen molar-refractivity contribution in [2.45, 2.75) is 0 Å². The second-order valence-electron chi connectivity index (χ2n) is 4.02. The van der Waals surface area contributed by atoms with Crippen LogP contribution in [0.1, 0.15) is 15.9 Å². The van der Waals surface area contributed by atoms with Crippen molar-refractivity contribution in [1.82, 2.24) is 0 Å². The number of ether oxygens (including phenoxy) is 2. The summed E-state index contributed by atoms with van der Waals surface area (Å²) < 4.78 is 36.9. The van der Waals surface area contributed by atoms with Crippen molar-refractivity contribution < 1.29 is 23.0 Å². The SMILES string of the molecule is COc1ccc(OC)c(C(=O)c2cc(F)ccc2F)c1. The van der Waals surface area contributed by atoms with Gasteiger partial charge in [0, 0.05) is 0 Å². The molecule has 0 saturated carbocycles. The minimum Gasteiger partial charge on any atom is -0.497 e. The highest BCUT2D eigenvalue weighted by molar-refractivity contribution is 6.11. The second kappa shape index (κ2) is 5.69. The number of hydrogen-bond acceptors (Lipinski definition) is 3. The highest BCUT2D eigenvalue weighted by Gasteiger charge is 2.19. The molecule has 0 aliphatic heterocycles. The molecule has 0 heterocycles. The zero-order valence-corrected chi connectivity index (χ0v) is 10.9. The van der Waals surface area contributed by atoms with Crippen LogP contribution in [0.5, 0.6) is 11.5 Å². The summed E-state index contributed by atoms with van der Waals surface area (Å²) in [6.45, 7) is 0. The lowest BCUT2D eigenvalue weighted by Crippen LogP contribution is -2.07. The molecule has 5 heteroatoms. The van der Waals surface area contributed by atoms with E-state index in [1.54, 1.807) is 6.07 Å². The lowest BCUT2D eigenvalue weighted by molar-refractivity contribution is 0.103. The highest BCUT2D eigenvalue weighted by Crippen LogP contribution is 2.27. The maximum absolute atomic E-state index is 13.7. The summed E-state index contributed by atoms with van der Waals surface area (Å²) in [5.41, 5.74) is -0.243. The number of methoxy groups -OCH3 is 2. The molecule has 0 N–H and O–H groups in total. The van der Waals surface area contributed by atoms with Crippen molar-refractivity contribution in [1.29, 1.82) is 0 Å². The number of carbonyl (C=O) groups is 1. The topological polar surface area (TPSA) is 35.5 Å². The molecule has 0 bridgehead atoms. The van der Waals surface area contributed by atoms with E-state index in [4.69, 9.17) is 9.47 Å². The van der Waals surface area contributed by atoms with Crippen molar-refractivity contribution in [3.63, 3.8) is 0 Å². The fraction of sp³-hybridized carbons (Fsp3) is 0.133. The molecule has 0 aromatic heterocycles. The van der Waals surface area contributed by atoms with E-state index in [0.29, 0.717) is 5.75 Å². The van der Waals surface area contributed by atoms with Crippen molar-refractivity contribution >= 4 is 5.78 Å². The summed E-state index contributed by atoms with van der Waals surface area (Å²) in [7, 11) is 2.83. The summed E-state index contributed by atoms with van der Waals surface area (Å²) in [5, 5.41) is 0. The average molecular weight is 278 g/mol. The van der Waals surface area contributed by atoms with Gasteiger partial charge in [0.15, 0.2) is 5.78 Å². The van der Waals surface area contributed by atoms with Gasteiger partial charge >= 0.3 is 0 Å². The molecule has 0 spiro atoms. The Balaban J connectivity index is 2.54. The molecule has 0 saturated heterocycles. The third kappa shape index (κ3) is 2.61. The van der Waals surface area contributed by atoms with Gasteiger partial charge in [0.25, 0.3) is 0 Å². The number of halogens is 2. The number of benzene rings is 2. The first-order chi connectivity index (χ1) is 9.56. The van der Waals surface area contributed by atoms with Crippen LogP contribution >= 0.6 is 0 Å². The van der Waals surface area contributed by atoms with Crippen molar-refractivity contribution in [3.8, 4) is 11.5 Å². The Morgan fingerprint density at radius 2 is 1.70 bits per heavy atom. The molecular weight excluding hydrogens is 266 g/mol. The Hall–Kier alpha value is -2.43. The minimum atomic E-state index is -0.790. The van der Waals surface area contributed by atoms with E-state index in [2.05, 4.69) is 0 Å². The normalized spacial score (nSPS) is 10.2. The Morgan fingerprint density at radius 1 is 0.950 bits per heavy atom. The van der Waals surface area contributed by atoms with Gasteiger partial charge in [-0.2, -0.15) is 0 Å². The van der Waals surface area contributed by atoms with Crippen molar-refractivity contribution in [3.05, 3.63) is 59.2 Å². The molecule has 2 aromatic rings. The summed E-state index contributed by atoms with van der Waals surface area (Å²) >= 11 is 0. The molecule has 0 aliphatic rings. The average Bonchev–Trinajstić information content (AvgIpc) is 2.48. The maximum Gasteiger partial charge on any atom is 0.199 e. The fourth-order valence-corrected chi connectivity index (χ4v) is 1.81. The molecule has 2 rings (SSSR count). The lowest BCUT2D eigenvalue weighted by Gasteiger charge is -2.10. The zero-order valence-electron chi connectivity index (χ0n) is 10.9. The second-order valence-corrected chi connectivity index (χ2v) is 4.02. The van der Waals surface area contributed by atoms with E-state index >= 15 is 0 Å². The van der Waals surface area contributed by atoms with E-state index in [9.17, 15) is 13.6 Å². The van der Waals surface area contributed by atoms with E-state index < -0.39 is 17.4 Å². The molecular formula is C15H12F2O3. The Labute approximate surface area is 114 Å². The van der Waals surface area contributed by atoms with Crippen molar-refractivity contribution in [2.75, 3.05) is 14.2 Å². The first-order valence-corrected chi connectivity index (χ1v) is 5.78. The van der Waals surface area contributed by atoms with E-state index in [1.165, 1.54) is 26.4 Å². The summed E-state index contributed by atoms with van der Waals surface area (Å²) in [6.07, 6.45) is 0. The van der Waals surface area contributed by atoms with Crippen LogP contribution in [0.4, 0.5) is 8.78 Å². The standard InChI is InChI=1S/C15H12F2O3/c1-19-10-4-6-14(20-2)12(8-10)15(18)11-7-9(16)3-5-13(11)17/h3-8H,1-2H3. The molecule has 104 valence electrons. The van der Waals surface area contributed by atoms with Gasteiger partial charge in [0.2, 0.25) is 0 Å². The van der Waals surface area contributed by atoms with E-state index in [0.717, 1.165) is 18.2 Å². The van der Waals surface area contributed by atoms with Crippen LogP contribution in [0.3, 0.4) is 0 Å². The molecule has 0 fully saturated rings. The van der Waals surface area contributed by atoms with E-state index in [-0.39, 0.29) is 16.9 Å². The fourth-order valence-electron chi connectivity index (χ4n) is 1.81. The number of ketones is 1. The Kier molecular flexibility index (Phi) is 3.98. The van der Waals surface area contributed by atoms with Gasteiger partial charge in [-0.15, -0.1) is 0 Å². The van der Waals surface area contributed by atoms with Crippen LogP contribution in [0.25, 0.3) is 0 Å². The molecule has 20 heavy (non-hydrogen) atoms. The summed E-state index contributed by atoms with van der Waals surface area (Å²) in [6, 6.07) is 7.28. The molecule has 0 amide bonds. The maximum atomic E-state index is 13.7. The predicted octanol–water partition coefficient (Wildman–Crippen LogP) is 3.21. The Morgan fingerprint density at radius 3 is 2.35 bits per heavy atom. The predicted molar refractivity (Wildman–Crippen MR) is 69.3 cm³/mol. The molecule has 2 aromatic carbocycles. The van der Waals surface area contributed by atoms with Gasteiger partial charge in [-0.1, -0.05) is 0 Å². The van der Waals surface area contributed by atoms with Gasteiger partial charge in [-0.25, -0.2) is 8.78 Å². The Bertz CT molecular complexity index is 654. The highest BCUT2D eigenvalue weighted by atomic mass is 19.1. The van der Waals surface area contributed by atoms with Crippen LogP contribution in [-0.4, -0.2) is 20.0 Å². The van der Waals surface area contributed by atoms with Crippen molar-refractivity contribution in [2.24, 2.45) is 0 Å².